The van der Waals surface area contributed by atoms with Crippen LogP contribution in [0.1, 0.15) is 41.6 Å². The first-order chi connectivity index (χ1) is 21.6. The molecule has 1 heterocycles. The number of carbonyl (C=O) groups excluding carboxylic acids is 2. The molecule has 0 unspecified atom stereocenters. The molecular weight excluding hydrogens is 626 g/mol. The molecule has 2 aromatic carbocycles. The number of alkyl halides is 3. The van der Waals surface area contributed by atoms with Crippen LogP contribution in [0.15, 0.2) is 48.5 Å². The van der Waals surface area contributed by atoms with Crippen LogP contribution in [0.25, 0.3) is 0 Å². The topological polar surface area (TPSA) is 206 Å². The highest BCUT2D eigenvalue weighted by molar-refractivity contribution is 6.40. The normalized spacial score (nSPS) is 14.4. The molecule has 1 fully saturated rings. The zero-order chi connectivity index (χ0) is 33.7. The third-order valence-corrected chi connectivity index (χ3v) is 7.43. The summed E-state index contributed by atoms with van der Waals surface area (Å²) in [5.41, 5.74) is 11.6. The lowest BCUT2D eigenvalue weighted by atomic mass is 9.64. The summed E-state index contributed by atoms with van der Waals surface area (Å²) < 4.78 is 46.1. The summed E-state index contributed by atoms with van der Waals surface area (Å²) in [6.07, 6.45) is -2.61. The van der Waals surface area contributed by atoms with Crippen LogP contribution >= 0.6 is 11.6 Å². The van der Waals surface area contributed by atoms with Gasteiger partial charge in [-0.15, -0.1) is 0 Å². The van der Waals surface area contributed by atoms with Gasteiger partial charge in [-0.05, 0) is 67.6 Å². The summed E-state index contributed by atoms with van der Waals surface area (Å²) in [6, 6.07) is 11.7. The molecule has 0 bridgehead atoms. The number of nitrogens with two attached hydrogens (primary N) is 2. The lowest BCUT2D eigenvalue weighted by Crippen LogP contribution is -2.52. The average Bonchev–Trinajstić information content (AvgIpc) is 3.74. The van der Waals surface area contributed by atoms with Crippen molar-refractivity contribution in [3.8, 4) is 6.01 Å². The molecule has 13 nitrogen and oxygen atoms in total. The van der Waals surface area contributed by atoms with Gasteiger partial charge in [-0.1, -0.05) is 23.7 Å². The van der Waals surface area contributed by atoms with E-state index in [4.69, 9.17) is 33.2 Å². The first kappa shape index (κ1) is 34.1. The van der Waals surface area contributed by atoms with Crippen LogP contribution in [-0.2, 0) is 10.3 Å². The van der Waals surface area contributed by atoms with Gasteiger partial charge >= 0.3 is 12.2 Å². The van der Waals surface area contributed by atoms with E-state index in [9.17, 15) is 22.8 Å². The maximum absolute atomic E-state index is 13.6. The second kappa shape index (κ2) is 13.7. The number of aromatic nitrogens is 3. The molecule has 1 saturated carbocycles. The van der Waals surface area contributed by atoms with E-state index in [1.54, 1.807) is 12.1 Å². The molecule has 19 heteroatoms. The van der Waals surface area contributed by atoms with E-state index >= 15 is 0 Å². The minimum Gasteiger partial charge on any atom is -0.466 e. The highest BCUT2D eigenvalue weighted by Crippen LogP contribution is 2.48. The number of anilines is 3. The van der Waals surface area contributed by atoms with Crippen molar-refractivity contribution in [1.29, 1.82) is 5.41 Å². The van der Waals surface area contributed by atoms with Crippen LogP contribution in [0.5, 0.6) is 6.01 Å². The number of nitrogens with one attached hydrogen (secondary N) is 5. The molecule has 0 aliphatic heterocycles. The Balaban J connectivity index is 1.51. The Hall–Kier alpha value is -4.73. The van der Waals surface area contributed by atoms with Gasteiger partial charge < -0.3 is 37.5 Å². The summed E-state index contributed by atoms with van der Waals surface area (Å²) in [5.74, 6) is -1.60. The maximum Gasteiger partial charge on any atom is 0.411 e. The number of amides is 2. The van der Waals surface area contributed by atoms with Gasteiger partial charge in [0.25, 0.3) is 5.91 Å². The fraction of sp³-hybridized carbons (Fsp3) is 0.333. The van der Waals surface area contributed by atoms with Gasteiger partial charge in [0.2, 0.25) is 17.8 Å². The van der Waals surface area contributed by atoms with Gasteiger partial charge in [0, 0.05) is 22.8 Å². The van der Waals surface area contributed by atoms with Crippen molar-refractivity contribution in [2.45, 2.75) is 48.8 Å². The summed E-state index contributed by atoms with van der Waals surface area (Å²) >= 11 is 6.03. The summed E-state index contributed by atoms with van der Waals surface area (Å²) in [4.78, 5) is 37.2. The maximum atomic E-state index is 13.6. The monoisotopic (exact) mass is 658 g/mol. The molecular formula is C27H32B2ClF3N10O3. The smallest absolute Gasteiger partial charge is 0.411 e. The Bertz CT molecular complexity index is 1580. The molecule has 0 radical (unpaired) electrons. The van der Waals surface area contributed by atoms with Gasteiger partial charge in [-0.3, -0.25) is 15.0 Å². The Morgan fingerprint density at radius 2 is 1.65 bits per heavy atom. The first-order valence-electron chi connectivity index (χ1n) is 14.2. The van der Waals surface area contributed by atoms with E-state index in [-0.39, 0.29) is 29.8 Å². The molecule has 2 amide bonds. The number of primary amides is 1. The Morgan fingerprint density at radius 3 is 2.22 bits per heavy atom. The Kier molecular flexibility index (Phi) is 10.2. The molecule has 1 aliphatic carbocycles. The minimum absolute atomic E-state index is 0.00933. The molecule has 4 rings (SSSR count). The first-order valence-corrected chi connectivity index (χ1v) is 14.6. The zero-order valence-electron chi connectivity index (χ0n) is 25.0. The van der Waals surface area contributed by atoms with Gasteiger partial charge in [0.1, 0.15) is 11.4 Å². The van der Waals surface area contributed by atoms with Gasteiger partial charge in [-0.2, -0.15) is 28.1 Å². The highest BCUT2D eigenvalue weighted by Gasteiger charge is 2.50. The van der Waals surface area contributed by atoms with Crippen molar-refractivity contribution in [2.75, 3.05) is 17.2 Å². The number of rotatable bonds is 14. The molecule has 1 atom stereocenters. The predicted octanol–water partition coefficient (Wildman–Crippen LogP) is 1.08. The van der Waals surface area contributed by atoms with E-state index in [1.807, 2.05) is 12.1 Å². The molecule has 242 valence electrons. The Morgan fingerprint density at radius 1 is 1.02 bits per heavy atom. The number of halogens is 4. The van der Waals surface area contributed by atoms with Crippen molar-refractivity contribution in [1.82, 2.24) is 25.6 Å². The van der Waals surface area contributed by atoms with Gasteiger partial charge in [-0.25, -0.2) is 0 Å². The largest absolute Gasteiger partial charge is 0.466 e. The van der Waals surface area contributed by atoms with Crippen LogP contribution in [-0.4, -0.2) is 72.6 Å². The fourth-order valence-electron chi connectivity index (χ4n) is 4.28. The third-order valence-electron chi connectivity index (χ3n) is 7.18. The van der Waals surface area contributed by atoms with E-state index in [1.165, 1.54) is 24.3 Å². The van der Waals surface area contributed by atoms with Crippen molar-refractivity contribution >= 4 is 62.7 Å². The highest BCUT2D eigenvalue weighted by atomic mass is 35.5. The molecule has 9 N–H and O–H groups in total. The third kappa shape index (κ3) is 8.93. The second-order valence-corrected chi connectivity index (χ2v) is 11.6. The number of nitrogens with zero attached hydrogens (tertiary/aromatic N) is 3. The van der Waals surface area contributed by atoms with Crippen molar-refractivity contribution < 1.29 is 27.5 Å². The van der Waals surface area contributed by atoms with Crippen LogP contribution in [0, 0.1) is 5.41 Å². The molecule has 1 aromatic heterocycles. The number of guanidine groups is 1. The van der Waals surface area contributed by atoms with Gasteiger partial charge in [0.15, 0.2) is 21.7 Å². The number of benzene rings is 2. The van der Waals surface area contributed by atoms with Gasteiger partial charge in [0.05, 0.1) is 5.54 Å². The van der Waals surface area contributed by atoms with E-state index in [0.29, 0.717) is 23.7 Å². The fourth-order valence-corrected chi connectivity index (χ4v) is 4.41. The van der Waals surface area contributed by atoms with E-state index in [2.05, 4.69) is 36.2 Å². The van der Waals surface area contributed by atoms with Crippen LogP contribution in [0.2, 0.25) is 5.02 Å². The number of ether oxygens (including phenoxy) is 1. The number of carbonyl (C=O) groups is 2. The molecule has 46 heavy (non-hydrogen) atoms. The second-order valence-electron chi connectivity index (χ2n) is 11.2. The number of hydrogen-bond acceptors (Lipinski definition) is 9. The van der Waals surface area contributed by atoms with Crippen LogP contribution in [0.3, 0.4) is 0 Å². The number of hydrogen-bond donors (Lipinski definition) is 7. The summed E-state index contributed by atoms with van der Waals surface area (Å²) in [7, 11) is 1.73. The standard InChI is InChI=1S/C27H32B2ClF3N10O3/c28-26(29,27(31,32)33)46-24-41-22(40-23(42-24)43-25(11-12-25)15-5-7-16(30)8-6-15)38-17-9-3-14(4-10-17)20(45)39-18(19(34)44)2-1-13-37-21(35)36/h3-10,18H,1-2,11-13,28-29H2,(H2,34,44)(H,39,45)(H4,35,36,37)(H2,38,40,41,42,43)/t18-/m0/s1. The average molecular weight is 659 g/mol. The summed E-state index contributed by atoms with van der Waals surface area (Å²) in [5, 5.41) is 16.4. The van der Waals surface area contributed by atoms with Crippen molar-refractivity contribution in [3.63, 3.8) is 0 Å². The van der Waals surface area contributed by atoms with Crippen LogP contribution < -0.4 is 37.5 Å². The quantitative estimate of drug-likeness (QED) is 0.0568. The zero-order valence-corrected chi connectivity index (χ0v) is 25.7. The SMILES string of the molecule is BC(B)(Oc1nc(Nc2ccc(C(=O)N[C@@H](CCCNC(=N)N)C(N)=O)cc2)nc(NC2(c3ccc(Cl)cc3)CC2)n1)C(F)(F)F. The molecule has 1 aliphatic rings. The predicted molar refractivity (Wildman–Crippen MR) is 172 cm³/mol. The summed E-state index contributed by atoms with van der Waals surface area (Å²) in [6.45, 7) is 0.326. The van der Waals surface area contributed by atoms with E-state index in [0.717, 1.165) is 34.1 Å². The molecule has 0 spiro atoms. The van der Waals surface area contributed by atoms with Crippen molar-refractivity contribution in [3.05, 3.63) is 64.7 Å². The Labute approximate surface area is 269 Å². The van der Waals surface area contributed by atoms with Crippen molar-refractivity contribution in [2.24, 2.45) is 11.5 Å². The minimum atomic E-state index is -4.71. The lowest BCUT2D eigenvalue weighted by Gasteiger charge is -2.28. The molecule has 0 saturated heterocycles. The van der Waals surface area contributed by atoms with E-state index < -0.39 is 41.0 Å². The van der Waals surface area contributed by atoms with Crippen LogP contribution in [0.4, 0.5) is 30.8 Å². The molecule has 3 aromatic rings. The lowest BCUT2D eigenvalue weighted by molar-refractivity contribution is -0.187.